The van der Waals surface area contributed by atoms with E-state index in [0.717, 1.165) is 12.5 Å². The molecule has 1 heterocycles. The molecule has 43 heavy (non-hydrogen) atoms. The van der Waals surface area contributed by atoms with Crippen LogP contribution in [0.15, 0.2) is 23.0 Å². The van der Waals surface area contributed by atoms with Gasteiger partial charge in [0.2, 0.25) is 5.78 Å². The van der Waals surface area contributed by atoms with Gasteiger partial charge >= 0.3 is 6.18 Å². The summed E-state index contributed by atoms with van der Waals surface area (Å²) in [6, 6.07) is -0.428. The van der Waals surface area contributed by atoms with Crippen LogP contribution in [0.5, 0.6) is 5.75 Å². The Morgan fingerprint density at radius 3 is 2.42 bits per heavy atom. The highest BCUT2D eigenvalue weighted by Gasteiger charge is 2.64. The first-order valence-corrected chi connectivity index (χ1v) is 13.9. The lowest BCUT2D eigenvalue weighted by molar-refractivity contribution is -0.153. The monoisotopic (exact) mass is 609 g/mol. The van der Waals surface area contributed by atoms with Crippen molar-refractivity contribution in [2.75, 3.05) is 40.9 Å². The van der Waals surface area contributed by atoms with E-state index in [9.17, 15) is 48.0 Å². The number of phenolic OH excluding ortho intramolecular Hbond substituents is 1. The fourth-order valence-corrected chi connectivity index (χ4v) is 7.38. The highest BCUT2D eigenvalue weighted by atomic mass is 19.4. The summed E-state index contributed by atoms with van der Waals surface area (Å²) in [5.41, 5.74) is -1.33. The first-order valence-electron chi connectivity index (χ1n) is 13.9. The lowest BCUT2D eigenvalue weighted by Crippen LogP contribution is -2.65. The largest absolute Gasteiger partial charge is 0.508 e. The fraction of sp³-hybridized carbons (Fsp3) is 0.552. The molecule has 1 saturated carbocycles. The van der Waals surface area contributed by atoms with Gasteiger partial charge in [0.1, 0.15) is 22.8 Å². The molecule has 2 fully saturated rings. The summed E-state index contributed by atoms with van der Waals surface area (Å²) in [7, 11) is 4.54. The second-order valence-electron chi connectivity index (χ2n) is 12.2. The summed E-state index contributed by atoms with van der Waals surface area (Å²) >= 11 is 0. The number of benzene rings is 1. The van der Waals surface area contributed by atoms with Crippen molar-refractivity contribution < 1.29 is 52.7 Å². The van der Waals surface area contributed by atoms with Gasteiger partial charge in [-0.3, -0.25) is 19.3 Å². The second-order valence-corrected chi connectivity index (χ2v) is 12.2. The van der Waals surface area contributed by atoms with Crippen LogP contribution >= 0.6 is 0 Å². The van der Waals surface area contributed by atoms with Gasteiger partial charge < -0.3 is 35.8 Å². The van der Waals surface area contributed by atoms with E-state index < -0.39 is 98.7 Å². The van der Waals surface area contributed by atoms with Gasteiger partial charge in [-0.1, -0.05) is 0 Å². The Morgan fingerprint density at radius 2 is 1.86 bits per heavy atom. The van der Waals surface area contributed by atoms with Crippen molar-refractivity contribution in [2.24, 2.45) is 23.5 Å². The van der Waals surface area contributed by atoms with Gasteiger partial charge in [-0.05, 0) is 69.4 Å². The average Bonchev–Trinajstić information content (AvgIpc) is 3.37. The van der Waals surface area contributed by atoms with Crippen LogP contribution in [-0.2, 0) is 38.3 Å². The Bertz CT molecular complexity index is 1460. The first kappa shape index (κ1) is 31.0. The van der Waals surface area contributed by atoms with Crippen molar-refractivity contribution in [3.63, 3.8) is 0 Å². The molecule has 1 saturated heterocycles. The third-order valence-electron chi connectivity index (χ3n) is 9.12. The number of ether oxygens (including phenoxy) is 1. The number of carbonyl (C=O) groups is 3. The predicted molar refractivity (Wildman–Crippen MR) is 145 cm³/mol. The quantitative estimate of drug-likeness (QED) is 0.297. The Balaban J connectivity index is 1.65. The number of likely N-dealkylation sites (N-methyl/N-ethyl adjacent to an activating group) is 1. The SMILES string of the molecule is CN(Cc1cc(O)c2c(c1C(F)(F)F)C[C@H]1C[C@H]3[C@H](N(C)C)C(=O)C(C(N)=O)=C(O)[C@@]3(O)C(=O)C1=C2O)CC1CCOC1. The van der Waals surface area contributed by atoms with E-state index in [-0.39, 0.29) is 24.4 Å². The number of aromatic hydroxyl groups is 1. The standard InChI is InChI=1S/C29H34F3N3O8/c1-34(2)22-16-7-13-6-15-19(23(37)18(13)25(39)28(16,42)26(40)20(24(22)38)27(33)41)17(36)8-14(21(15)29(30,31)32)10-35(3)9-12-4-5-43-11-12/h8,12-13,16,22,36-37,40,42H,4-7,9-11H2,1-3H3,(H2,33,41)/t12?,13-,16-,22-,28-/m0/s1. The predicted octanol–water partition coefficient (Wildman–Crippen LogP) is 1.45. The minimum Gasteiger partial charge on any atom is -0.508 e. The maximum atomic E-state index is 14.7. The molecule has 0 radical (unpaired) electrons. The van der Waals surface area contributed by atoms with Gasteiger partial charge in [-0.25, -0.2) is 0 Å². The van der Waals surface area contributed by atoms with E-state index in [1.165, 1.54) is 19.0 Å². The number of Topliss-reactive ketones (excluding diaryl/α,β-unsaturated/α-hetero) is 2. The van der Waals surface area contributed by atoms with Crippen LogP contribution in [-0.4, -0.2) is 100 Å². The topological polar surface area (TPSA) is 174 Å². The molecule has 0 bridgehead atoms. The van der Waals surface area contributed by atoms with Crippen LogP contribution in [0.3, 0.4) is 0 Å². The molecule has 11 nitrogen and oxygen atoms in total. The van der Waals surface area contributed by atoms with Crippen molar-refractivity contribution in [3.8, 4) is 5.75 Å². The van der Waals surface area contributed by atoms with Crippen LogP contribution in [0.1, 0.15) is 35.1 Å². The van der Waals surface area contributed by atoms with Crippen LogP contribution < -0.4 is 5.73 Å². The molecule has 3 aliphatic carbocycles. The van der Waals surface area contributed by atoms with Crippen molar-refractivity contribution in [1.29, 1.82) is 0 Å². The number of ketones is 2. The van der Waals surface area contributed by atoms with E-state index in [1.807, 2.05) is 0 Å². The molecular weight excluding hydrogens is 575 g/mol. The number of carbonyl (C=O) groups excluding carboxylic acids is 3. The summed E-state index contributed by atoms with van der Waals surface area (Å²) in [4.78, 5) is 42.2. The first-order chi connectivity index (χ1) is 20.0. The second kappa shape index (κ2) is 10.6. The van der Waals surface area contributed by atoms with E-state index >= 15 is 0 Å². The van der Waals surface area contributed by atoms with Crippen molar-refractivity contribution in [1.82, 2.24) is 9.80 Å². The molecular formula is C29H34F3N3O8. The minimum absolute atomic E-state index is 0.149. The number of aliphatic hydroxyl groups is 3. The Labute approximate surface area is 245 Å². The van der Waals surface area contributed by atoms with Crippen molar-refractivity contribution >= 4 is 23.2 Å². The number of halogens is 3. The fourth-order valence-electron chi connectivity index (χ4n) is 7.38. The van der Waals surface area contributed by atoms with E-state index in [2.05, 4.69) is 0 Å². The van der Waals surface area contributed by atoms with E-state index in [0.29, 0.717) is 19.8 Å². The third-order valence-corrected chi connectivity index (χ3v) is 9.12. The smallest absolute Gasteiger partial charge is 0.417 e. The number of alkyl halides is 3. The zero-order chi connectivity index (χ0) is 31.8. The summed E-state index contributed by atoms with van der Waals surface area (Å²) in [5, 5.41) is 44.8. The van der Waals surface area contributed by atoms with Crippen LogP contribution in [0.4, 0.5) is 13.2 Å². The zero-order valence-corrected chi connectivity index (χ0v) is 23.9. The lowest BCUT2D eigenvalue weighted by Gasteiger charge is -2.50. The molecule has 6 N–H and O–H groups in total. The van der Waals surface area contributed by atoms with Gasteiger partial charge in [0.25, 0.3) is 5.91 Å². The maximum Gasteiger partial charge on any atom is 0.417 e. The number of rotatable bonds is 6. The van der Waals surface area contributed by atoms with Crippen LogP contribution in [0.2, 0.25) is 0 Å². The Morgan fingerprint density at radius 1 is 1.19 bits per heavy atom. The molecule has 1 amide bonds. The average molecular weight is 610 g/mol. The molecule has 5 atom stereocenters. The maximum absolute atomic E-state index is 14.7. The number of primary amides is 1. The number of nitrogens with zero attached hydrogens (tertiary/aromatic N) is 2. The Hall–Kier alpha value is -3.46. The number of phenols is 1. The summed E-state index contributed by atoms with van der Waals surface area (Å²) in [6.07, 6.45) is -4.88. The summed E-state index contributed by atoms with van der Waals surface area (Å²) < 4.78 is 49.5. The minimum atomic E-state index is -4.90. The third kappa shape index (κ3) is 4.80. The van der Waals surface area contributed by atoms with Crippen molar-refractivity contribution in [3.05, 3.63) is 45.2 Å². The molecule has 5 rings (SSSR count). The van der Waals surface area contributed by atoms with Gasteiger partial charge in [-0.2, -0.15) is 13.2 Å². The normalized spacial score (nSPS) is 29.3. The van der Waals surface area contributed by atoms with Gasteiger partial charge in [0, 0.05) is 31.2 Å². The highest BCUT2D eigenvalue weighted by Crippen LogP contribution is 2.54. The molecule has 1 unspecified atom stereocenters. The molecule has 1 aliphatic heterocycles. The summed E-state index contributed by atoms with van der Waals surface area (Å²) in [6.45, 7) is 1.37. The summed E-state index contributed by atoms with van der Waals surface area (Å²) in [5.74, 6) is -8.91. The van der Waals surface area contributed by atoms with E-state index in [1.54, 1.807) is 11.9 Å². The zero-order valence-electron chi connectivity index (χ0n) is 23.9. The number of aliphatic hydroxyl groups excluding tert-OH is 2. The van der Waals surface area contributed by atoms with Gasteiger partial charge in [-0.15, -0.1) is 0 Å². The van der Waals surface area contributed by atoms with Crippen molar-refractivity contribution in [2.45, 2.75) is 43.6 Å². The van der Waals surface area contributed by atoms with Crippen LogP contribution in [0.25, 0.3) is 5.76 Å². The van der Waals surface area contributed by atoms with Gasteiger partial charge in [0.05, 0.1) is 23.8 Å². The van der Waals surface area contributed by atoms with Gasteiger partial charge in [0.15, 0.2) is 11.4 Å². The molecule has 0 spiro atoms. The molecule has 14 heteroatoms. The molecule has 1 aromatic carbocycles. The molecule has 4 aliphatic rings. The molecule has 1 aromatic rings. The number of fused-ring (bicyclic) bond motifs is 3. The number of hydrogen-bond acceptors (Lipinski definition) is 10. The number of amides is 1. The molecule has 234 valence electrons. The highest BCUT2D eigenvalue weighted by molar-refractivity contribution is 6.24. The Kier molecular flexibility index (Phi) is 7.65. The van der Waals surface area contributed by atoms with Crippen LogP contribution in [0, 0.1) is 17.8 Å². The van der Waals surface area contributed by atoms with E-state index in [4.69, 9.17) is 10.5 Å². The lowest BCUT2D eigenvalue weighted by atomic mass is 9.57. The number of hydrogen-bond donors (Lipinski definition) is 5. The number of nitrogens with two attached hydrogens (primary N) is 1. The molecule has 0 aromatic heterocycles.